The van der Waals surface area contributed by atoms with Gasteiger partial charge in [-0.1, -0.05) is 11.6 Å². The molecule has 2 aromatic heterocycles. The van der Waals surface area contributed by atoms with E-state index < -0.39 is 0 Å². The summed E-state index contributed by atoms with van der Waals surface area (Å²) < 4.78 is 6.84. The van der Waals surface area contributed by atoms with Crippen molar-refractivity contribution in [3.05, 3.63) is 52.9 Å². The molecule has 1 aromatic carbocycles. The molecule has 8 heteroatoms. The van der Waals surface area contributed by atoms with E-state index in [0.29, 0.717) is 22.4 Å². The number of anilines is 2. The van der Waals surface area contributed by atoms with E-state index >= 15 is 0 Å². The van der Waals surface area contributed by atoms with E-state index in [0.717, 1.165) is 17.1 Å². The minimum atomic E-state index is 0.298. The number of benzene rings is 1. The van der Waals surface area contributed by atoms with Gasteiger partial charge in [-0.2, -0.15) is 15.3 Å². The Morgan fingerprint density at radius 3 is 2.67 bits per heavy atom. The van der Waals surface area contributed by atoms with Crippen LogP contribution in [0.15, 0.2) is 36.7 Å². The molecule has 1 N–H and O–H groups in total. The zero-order valence-electron chi connectivity index (χ0n) is 13.0. The van der Waals surface area contributed by atoms with Crippen LogP contribution in [0.4, 0.5) is 11.6 Å². The van der Waals surface area contributed by atoms with Crippen molar-refractivity contribution in [2.24, 2.45) is 0 Å². The molecule has 0 aliphatic heterocycles. The zero-order chi connectivity index (χ0) is 17.1. The summed E-state index contributed by atoms with van der Waals surface area (Å²) in [5.41, 5.74) is 3.08. The SMILES string of the molecule is COc1nc(Nc2cnn(-c3ccc(C#N)cc3)c2C)ncc1Cl. The van der Waals surface area contributed by atoms with Crippen LogP contribution in [0.2, 0.25) is 5.02 Å². The lowest BCUT2D eigenvalue weighted by Crippen LogP contribution is -2.02. The summed E-state index contributed by atoms with van der Waals surface area (Å²) >= 11 is 5.92. The van der Waals surface area contributed by atoms with Crippen molar-refractivity contribution in [3.63, 3.8) is 0 Å². The van der Waals surface area contributed by atoms with Gasteiger partial charge in [-0.3, -0.25) is 0 Å². The van der Waals surface area contributed by atoms with E-state index in [1.165, 1.54) is 13.3 Å². The number of aromatic nitrogens is 4. The first kappa shape index (κ1) is 15.8. The fraction of sp³-hybridized carbons (Fsp3) is 0.125. The first-order valence-electron chi connectivity index (χ1n) is 7.01. The molecule has 7 nitrogen and oxygen atoms in total. The van der Waals surface area contributed by atoms with Gasteiger partial charge in [-0.05, 0) is 31.2 Å². The summed E-state index contributed by atoms with van der Waals surface area (Å²) in [5.74, 6) is 0.657. The molecule has 0 saturated carbocycles. The minimum Gasteiger partial charge on any atom is -0.480 e. The van der Waals surface area contributed by atoms with Crippen molar-refractivity contribution in [1.29, 1.82) is 5.26 Å². The lowest BCUT2D eigenvalue weighted by molar-refractivity contribution is 0.398. The summed E-state index contributed by atoms with van der Waals surface area (Å²) in [6.07, 6.45) is 3.15. The molecule has 0 aliphatic rings. The first-order valence-corrected chi connectivity index (χ1v) is 7.39. The van der Waals surface area contributed by atoms with Crippen molar-refractivity contribution in [3.8, 4) is 17.6 Å². The van der Waals surface area contributed by atoms with Crippen LogP contribution >= 0.6 is 11.6 Å². The van der Waals surface area contributed by atoms with Gasteiger partial charge in [0.15, 0.2) is 0 Å². The van der Waals surface area contributed by atoms with Gasteiger partial charge in [0.05, 0.1) is 48.2 Å². The maximum Gasteiger partial charge on any atom is 0.237 e. The molecule has 0 spiro atoms. The highest BCUT2D eigenvalue weighted by Crippen LogP contribution is 2.25. The number of rotatable bonds is 4. The van der Waals surface area contributed by atoms with Crippen LogP contribution in [0, 0.1) is 18.3 Å². The molecule has 0 radical (unpaired) electrons. The van der Waals surface area contributed by atoms with Crippen molar-refractivity contribution in [1.82, 2.24) is 19.7 Å². The predicted molar refractivity (Wildman–Crippen MR) is 89.9 cm³/mol. The Labute approximate surface area is 143 Å². The predicted octanol–water partition coefficient (Wildman–Crippen LogP) is 3.25. The number of hydrogen-bond acceptors (Lipinski definition) is 6. The highest BCUT2D eigenvalue weighted by Gasteiger charge is 2.11. The summed E-state index contributed by atoms with van der Waals surface area (Å²) in [5, 5.41) is 16.7. The second kappa shape index (κ2) is 6.56. The number of methoxy groups -OCH3 is 1. The minimum absolute atomic E-state index is 0.298. The molecule has 0 atom stereocenters. The van der Waals surface area contributed by atoms with Gasteiger partial charge >= 0.3 is 0 Å². The second-order valence-corrected chi connectivity index (χ2v) is 5.30. The van der Waals surface area contributed by atoms with Crippen molar-refractivity contribution in [2.75, 3.05) is 12.4 Å². The molecule has 120 valence electrons. The lowest BCUT2D eigenvalue weighted by atomic mass is 10.2. The van der Waals surface area contributed by atoms with Crippen LogP contribution in [0.1, 0.15) is 11.3 Å². The zero-order valence-corrected chi connectivity index (χ0v) is 13.7. The maximum absolute atomic E-state index is 8.87. The average molecular weight is 341 g/mol. The molecule has 3 rings (SSSR count). The van der Waals surface area contributed by atoms with E-state index in [-0.39, 0.29) is 0 Å². The van der Waals surface area contributed by atoms with E-state index in [2.05, 4.69) is 26.5 Å². The second-order valence-electron chi connectivity index (χ2n) is 4.89. The van der Waals surface area contributed by atoms with Gasteiger partial charge in [0.2, 0.25) is 11.8 Å². The molecule has 0 aliphatic carbocycles. The van der Waals surface area contributed by atoms with Crippen LogP contribution in [0.25, 0.3) is 5.69 Å². The number of nitriles is 1. The molecule has 2 heterocycles. The molecule has 0 bridgehead atoms. The lowest BCUT2D eigenvalue weighted by Gasteiger charge is -2.08. The van der Waals surface area contributed by atoms with Gasteiger partial charge in [0.25, 0.3) is 0 Å². The van der Waals surface area contributed by atoms with Crippen molar-refractivity contribution >= 4 is 23.2 Å². The molecule has 0 saturated heterocycles. The normalized spacial score (nSPS) is 10.2. The Balaban J connectivity index is 1.88. The van der Waals surface area contributed by atoms with Crippen LogP contribution < -0.4 is 10.1 Å². The highest BCUT2D eigenvalue weighted by molar-refractivity contribution is 6.31. The van der Waals surface area contributed by atoms with Gasteiger partial charge in [0, 0.05) is 0 Å². The third-order valence-corrected chi connectivity index (χ3v) is 3.66. The third kappa shape index (κ3) is 3.00. The molecule has 24 heavy (non-hydrogen) atoms. The van der Waals surface area contributed by atoms with Gasteiger partial charge in [-0.25, -0.2) is 9.67 Å². The van der Waals surface area contributed by atoms with Crippen LogP contribution in [-0.2, 0) is 0 Å². The Kier molecular flexibility index (Phi) is 4.31. The fourth-order valence-electron chi connectivity index (χ4n) is 2.15. The third-order valence-electron chi connectivity index (χ3n) is 3.40. The van der Waals surface area contributed by atoms with Gasteiger partial charge in [-0.15, -0.1) is 0 Å². The van der Waals surface area contributed by atoms with Crippen LogP contribution in [-0.4, -0.2) is 26.9 Å². The van der Waals surface area contributed by atoms with Crippen LogP contribution in [0.5, 0.6) is 5.88 Å². The number of ether oxygens (including phenoxy) is 1. The smallest absolute Gasteiger partial charge is 0.237 e. The average Bonchev–Trinajstić information content (AvgIpc) is 2.97. The van der Waals surface area contributed by atoms with E-state index in [4.69, 9.17) is 21.6 Å². The highest BCUT2D eigenvalue weighted by atomic mass is 35.5. The molecular formula is C16H13ClN6O. The van der Waals surface area contributed by atoms with Crippen molar-refractivity contribution in [2.45, 2.75) is 6.92 Å². The number of halogens is 1. The number of nitrogens with one attached hydrogen (secondary N) is 1. The van der Waals surface area contributed by atoms with Gasteiger partial charge in [0.1, 0.15) is 5.02 Å². The molecular weight excluding hydrogens is 328 g/mol. The molecule has 3 aromatic rings. The molecule has 0 unspecified atom stereocenters. The van der Waals surface area contributed by atoms with Crippen molar-refractivity contribution < 1.29 is 4.74 Å². The molecule has 0 fully saturated rings. The van der Waals surface area contributed by atoms with E-state index in [1.807, 2.05) is 19.1 Å². The Bertz CT molecular complexity index is 913. The van der Waals surface area contributed by atoms with Crippen LogP contribution in [0.3, 0.4) is 0 Å². The largest absolute Gasteiger partial charge is 0.480 e. The van der Waals surface area contributed by atoms with Gasteiger partial charge < -0.3 is 10.1 Å². The standard InChI is InChI=1S/C16H13ClN6O/c1-10-14(21-16-19-8-13(17)15(22-16)24-2)9-20-23(10)12-5-3-11(7-18)4-6-12/h3-6,8-9H,1-2H3,(H,19,21,22). The summed E-state index contributed by atoms with van der Waals surface area (Å²) in [7, 11) is 1.49. The Morgan fingerprint density at radius 2 is 2.00 bits per heavy atom. The first-order chi connectivity index (χ1) is 11.6. The fourth-order valence-corrected chi connectivity index (χ4v) is 2.31. The number of hydrogen-bond donors (Lipinski definition) is 1. The summed E-state index contributed by atoms with van der Waals surface area (Å²) in [6.45, 7) is 1.92. The van der Waals surface area contributed by atoms with E-state index in [1.54, 1.807) is 23.0 Å². The number of nitrogens with zero attached hydrogens (tertiary/aromatic N) is 5. The Morgan fingerprint density at radius 1 is 1.25 bits per heavy atom. The topological polar surface area (TPSA) is 88.6 Å². The summed E-state index contributed by atoms with van der Waals surface area (Å²) in [6, 6.07) is 9.26. The molecule has 0 amide bonds. The monoisotopic (exact) mass is 340 g/mol. The quantitative estimate of drug-likeness (QED) is 0.784. The summed E-state index contributed by atoms with van der Waals surface area (Å²) in [4.78, 5) is 8.30. The Hall–Kier alpha value is -3.11. The van der Waals surface area contributed by atoms with E-state index in [9.17, 15) is 0 Å². The maximum atomic E-state index is 8.87.